The molecule has 2 amide bonds. The summed E-state index contributed by atoms with van der Waals surface area (Å²) in [6.07, 6.45) is 6.99. The molecule has 6 rings (SSSR count). The van der Waals surface area contributed by atoms with Gasteiger partial charge in [0.25, 0.3) is 11.8 Å². The van der Waals surface area contributed by atoms with Gasteiger partial charge in [0, 0.05) is 44.8 Å². The smallest absolute Gasteiger partial charge is 0.271 e. The topological polar surface area (TPSA) is 133 Å². The highest BCUT2D eigenvalue weighted by atomic mass is 19.1. The lowest BCUT2D eigenvalue weighted by atomic mass is 9.96. The Balaban J connectivity index is 1.16. The first-order valence-corrected chi connectivity index (χ1v) is 15.0. The highest BCUT2D eigenvalue weighted by Gasteiger charge is 2.32. The third-order valence-corrected chi connectivity index (χ3v) is 8.74. The van der Waals surface area contributed by atoms with Gasteiger partial charge in [0.05, 0.1) is 23.6 Å². The number of pyridine rings is 1. The molecule has 0 unspecified atom stereocenters. The maximum Gasteiger partial charge on any atom is 0.271 e. The lowest BCUT2D eigenvalue weighted by Crippen LogP contribution is -2.54. The van der Waals surface area contributed by atoms with E-state index in [1.807, 2.05) is 30.0 Å². The Bertz CT molecular complexity index is 1490. The molecule has 2 saturated heterocycles. The summed E-state index contributed by atoms with van der Waals surface area (Å²) in [4.78, 5) is 45.5. The molecule has 1 aromatic carbocycles. The van der Waals surface area contributed by atoms with Crippen molar-refractivity contribution >= 4 is 35.0 Å². The third kappa shape index (κ3) is 6.38. The number of nitrogens with one attached hydrogen (secondary N) is 2. The minimum Gasteiger partial charge on any atom is -0.368 e. The number of likely N-dealkylation sites (N-methyl/N-ethyl adjacent to an activating group) is 1. The van der Waals surface area contributed by atoms with Crippen LogP contribution in [0.5, 0.6) is 0 Å². The Morgan fingerprint density at radius 1 is 1.00 bits per heavy atom. The zero-order valence-corrected chi connectivity index (χ0v) is 24.6. The van der Waals surface area contributed by atoms with Crippen LogP contribution in [0.4, 0.5) is 27.5 Å². The first kappa shape index (κ1) is 28.8. The van der Waals surface area contributed by atoms with Crippen molar-refractivity contribution in [2.24, 2.45) is 5.73 Å². The van der Waals surface area contributed by atoms with Crippen LogP contribution in [0.15, 0.2) is 42.7 Å². The minimum absolute atomic E-state index is 0.00771. The van der Waals surface area contributed by atoms with Crippen molar-refractivity contribution < 1.29 is 14.0 Å². The normalized spacial score (nSPS) is 21.0. The van der Waals surface area contributed by atoms with Gasteiger partial charge in [-0.15, -0.1) is 0 Å². The Hall–Kier alpha value is -4.32. The van der Waals surface area contributed by atoms with Crippen molar-refractivity contribution in [1.82, 2.24) is 25.2 Å². The first-order chi connectivity index (χ1) is 20.8. The molecule has 43 heavy (non-hydrogen) atoms. The number of carbonyl (C=O) groups is 2. The number of piperidine rings is 1. The van der Waals surface area contributed by atoms with E-state index < -0.39 is 17.6 Å². The Morgan fingerprint density at radius 2 is 1.79 bits per heavy atom. The molecular weight excluding hydrogens is 549 g/mol. The Labute approximate surface area is 250 Å². The van der Waals surface area contributed by atoms with Gasteiger partial charge in [-0.25, -0.2) is 19.3 Å². The second kappa shape index (κ2) is 12.1. The molecular formula is C31H38FN9O2. The van der Waals surface area contributed by atoms with Crippen LogP contribution in [0.25, 0.3) is 0 Å². The predicted molar refractivity (Wildman–Crippen MR) is 163 cm³/mol. The summed E-state index contributed by atoms with van der Waals surface area (Å²) in [7, 11) is 2.12. The van der Waals surface area contributed by atoms with Crippen molar-refractivity contribution in [1.29, 1.82) is 0 Å². The maximum atomic E-state index is 14.8. The first-order valence-electron chi connectivity index (χ1n) is 15.0. The fourth-order valence-corrected chi connectivity index (χ4v) is 5.91. The van der Waals surface area contributed by atoms with Gasteiger partial charge in [0.1, 0.15) is 17.5 Å². The van der Waals surface area contributed by atoms with Gasteiger partial charge in [-0.2, -0.15) is 0 Å². The summed E-state index contributed by atoms with van der Waals surface area (Å²) >= 11 is 0. The van der Waals surface area contributed by atoms with E-state index in [0.29, 0.717) is 24.1 Å². The van der Waals surface area contributed by atoms with Gasteiger partial charge in [-0.1, -0.05) is 6.07 Å². The van der Waals surface area contributed by atoms with E-state index in [1.165, 1.54) is 12.3 Å². The molecule has 2 atom stereocenters. The number of anilines is 4. The van der Waals surface area contributed by atoms with Crippen molar-refractivity contribution in [3.05, 3.63) is 65.4 Å². The number of hydrogen-bond acceptors (Lipinski definition) is 9. The third-order valence-electron chi connectivity index (χ3n) is 8.74. The molecule has 2 aliphatic heterocycles. The second-order valence-electron chi connectivity index (χ2n) is 11.8. The van der Waals surface area contributed by atoms with Crippen molar-refractivity contribution in [2.45, 2.75) is 50.6 Å². The number of nitrogens with two attached hydrogens (primary N) is 1. The van der Waals surface area contributed by atoms with Crippen LogP contribution in [0, 0.1) is 5.82 Å². The molecule has 11 nitrogen and oxygen atoms in total. The van der Waals surface area contributed by atoms with Gasteiger partial charge in [0.2, 0.25) is 0 Å². The Kier molecular flexibility index (Phi) is 8.11. The average molecular weight is 588 g/mol. The van der Waals surface area contributed by atoms with Crippen LogP contribution in [-0.4, -0.2) is 83.5 Å². The average Bonchev–Trinajstić information content (AvgIpc) is 3.85. The molecule has 4 N–H and O–H groups in total. The lowest BCUT2D eigenvalue weighted by molar-refractivity contribution is 0.0919. The summed E-state index contributed by atoms with van der Waals surface area (Å²) in [5.74, 6) is 0.0462. The van der Waals surface area contributed by atoms with Crippen LogP contribution in [0.1, 0.15) is 64.9 Å². The SMILES string of the molecule is C[C@@H]1[C@H](NC(=O)c2ccc(C3CC3)cc2F)CCCN1c1cnc(C(N)=O)c(Nc2ccc(N3CCN(C)CC3)cn2)n1. The van der Waals surface area contributed by atoms with Gasteiger partial charge in [-0.05, 0) is 75.4 Å². The largest absolute Gasteiger partial charge is 0.368 e. The minimum atomic E-state index is -0.706. The predicted octanol–water partition coefficient (Wildman–Crippen LogP) is 3.27. The van der Waals surface area contributed by atoms with Crippen LogP contribution in [0.2, 0.25) is 0 Å². The highest BCUT2D eigenvalue weighted by Crippen LogP contribution is 2.40. The molecule has 0 radical (unpaired) electrons. The van der Waals surface area contributed by atoms with Gasteiger partial charge in [-0.3, -0.25) is 9.59 Å². The molecule has 3 aromatic rings. The van der Waals surface area contributed by atoms with E-state index in [-0.39, 0.29) is 29.2 Å². The molecule has 3 fully saturated rings. The van der Waals surface area contributed by atoms with Gasteiger partial charge >= 0.3 is 0 Å². The molecule has 0 bridgehead atoms. The van der Waals surface area contributed by atoms with E-state index >= 15 is 0 Å². The zero-order valence-electron chi connectivity index (χ0n) is 24.6. The molecule has 226 valence electrons. The fourth-order valence-electron chi connectivity index (χ4n) is 5.91. The summed E-state index contributed by atoms with van der Waals surface area (Å²) in [5.41, 5.74) is 7.67. The number of benzene rings is 1. The number of piperazine rings is 1. The molecule has 1 aliphatic carbocycles. The van der Waals surface area contributed by atoms with Crippen LogP contribution < -0.4 is 26.2 Å². The molecule has 3 aliphatic rings. The number of hydrogen-bond donors (Lipinski definition) is 3. The van der Waals surface area contributed by atoms with Crippen molar-refractivity contribution in [3.8, 4) is 0 Å². The quantitative estimate of drug-likeness (QED) is 0.363. The standard InChI is InChI=1S/C31H38FN9O2/c1-19-25(36-31(43)23-9-7-21(16-24(23)32)20-5-6-20)4-3-11-41(19)27-18-35-28(29(33)42)30(38-27)37-26-10-8-22(17-34-26)40-14-12-39(2)13-15-40/h7-10,16-20,25H,3-6,11-15H2,1-2H3,(H2,33,42)(H,36,43)(H,34,37,38)/t19-,25-/m1/s1. The molecule has 12 heteroatoms. The molecule has 0 spiro atoms. The number of halogens is 1. The number of carbonyl (C=O) groups excluding carboxylic acids is 2. The molecule has 1 saturated carbocycles. The van der Waals surface area contributed by atoms with E-state index in [0.717, 1.165) is 63.1 Å². The zero-order chi connectivity index (χ0) is 30.1. The fraction of sp³-hybridized carbons (Fsp3) is 0.452. The van der Waals surface area contributed by atoms with Gasteiger partial charge < -0.3 is 31.1 Å². The highest BCUT2D eigenvalue weighted by molar-refractivity contribution is 5.96. The number of primary amides is 1. The van der Waals surface area contributed by atoms with Crippen LogP contribution in [0.3, 0.4) is 0 Å². The van der Waals surface area contributed by atoms with Gasteiger partial charge in [0.15, 0.2) is 11.5 Å². The maximum absolute atomic E-state index is 14.8. The summed E-state index contributed by atoms with van der Waals surface area (Å²) in [6, 6.07) is 8.37. The number of amides is 2. The van der Waals surface area contributed by atoms with E-state index in [4.69, 9.17) is 10.7 Å². The van der Waals surface area contributed by atoms with E-state index in [9.17, 15) is 14.0 Å². The summed E-state index contributed by atoms with van der Waals surface area (Å²) in [6.45, 7) is 6.53. The van der Waals surface area contributed by atoms with Crippen molar-refractivity contribution in [2.75, 3.05) is 54.9 Å². The summed E-state index contributed by atoms with van der Waals surface area (Å²) in [5, 5.41) is 6.16. The summed E-state index contributed by atoms with van der Waals surface area (Å²) < 4.78 is 14.8. The number of rotatable bonds is 8. The van der Waals surface area contributed by atoms with Crippen LogP contribution >= 0.6 is 0 Å². The Morgan fingerprint density at radius 3 is 2.47 bits per heavy atom. The van der Waals surface area contributed by atoms with E-state index in [2.05, 4.69) is 37.4 Å². The molecule has 2 aromatic heterocycles. The second-order valence-corrected chi connectivity index (χ2v) is 11.8. The van der Waals surface area contributed by atoms with Crippen molar-refractivity contribution in [3.63, 3.8) is 0 Å². The lowest BCUT2D eigenvalue weighted by Gasteiger charge is -2.40. The number of aromatic nitrogens is 3. The van der Waals surface area contributed by atoms with Crippen LogP contribution in [-0.2, 0) is 0 Å². The monoisotopic (exact) mass is 587 g/mol. The van der Waals surface area contributed by atoms with E-state index in [1.54, 1.807) is 12.3 Å². The molecule has 4 heterocycles. The number of nitrogens with zero attached hydrogens (tertiary/aromatic N) is 6.